The Hall–Kier alpha value is -2.14. The lowest BCUT2D eigenvalue weighted by Crippen LogP contribution is -1.98. The minimum absolute atomic E-state index is 0.408. The zero-order valence-corrected chi connectivity index (χ0v) is 10.9. The molecule has 0 aliphatic rings. The van der Waals surface area contributed by atoms with Crippen molar-refractivity contribution in [3.63, 3.8) is 0 Å². The van der Waals surface area contributed by atoms with Crippen LogP contribution in [0.2, 0.25) is 5.02 Å². The Morgan fingerprint density at radius 2 is 2.32 bits per heavy atom. The summed E-state index contributed by atoms with van der Waals surface area (Å²) in [5.74, 6) is 1.08. The normalized spacial score (nSPS) is 11.1. The van der Waals surface area contributed by atoms with E-state index in [2.05, 4.69) is 10.1 Å². The molecule has 2 aromatic heterocycles. The molecule has 5 nitrogen and oxygen atoms in total. The first kappa shape index (κ1) is 11.9. The Labute approximate surface area is 113 Å². The minimum atomic E-state index is 0.408. The number of carbonyl (C=O) groups excluding carboxylic acids is 1. The van der Waals surface area contributed by atoms with Crippen molar-refractivity contribution >= 4 is 28.8 Å². The Morgan fingerprint density at radius 1 is 1.47 bits per heavy atom. The summed E-state index contributed by atoms with van der Waals surface area (Å²) in [5.41, 5.74) is 1.48. The zero-order valence-electron chi connectivity index (χ0n) is 10.1. The summed E-state index contributed by atoms with van der Waals surface area (Å²) in [6, 6.07) is 5.40. The van der Waals surface area contributed by atoms with Crippen LogP contribution in [-0.2, 0) is 6.54 Å². The van der Waals surface area contributed by atoms with Crippen molar-refractivity contribution in [2.75, 3.05) is 0 Å². The van der Waals surface area contributed by atoms with E-state index in [-0.39, 0.29) is 0 Å². The fraction of sp³-hybridized carbons (Fsp3) is 0.154. The molecule has 0 radical (unpaired) electrons. The second-order valence-corrected chi connectivity index (χ2v) is 4.66. The molecular formula is C13H10ClN3O2. The number of aldehydes is 1. The van der Waals surface area contributed by atoms with Crippen molar-refractivity contribution in [1.29, 1.82) is 0 Å². The second kappa shape index (κ2) is 4.51. The van der Waals surface area contributed by atoms with E-state index in [4.69, 9.17) is 16.1 Å². The summed E-state index contributed by atoms with van der Waals surface area (Å²) in [6.07, 6.45) is 2.58. The number of nitrogens with zero attached hydrogens (tertiary/aromatic N) is 3. The van der Waals surface area contributed by atoms with Gasteiger partial charge in [-0.3, -0.25) is 4.79 Å². The first-order chi connectivity index (χ1) is 9.17. The van der Waals surface area contributed by atoms with Crippen molar-refractivity contribution in [2.45, 2.75) is 13.5 Å². The Bertz CT molecular complexity index is 760. The van der Waals surface area contributed by atoms with E-state index >= 15 is 0 Å². The van der Waals surface area contributed by atoms with Gasteiger partial charge in [0.05, 0.1) is 5.52 Å². The fourth-order valence-corrected chi connectivity index (χ4v) is 2.23. The Morgan fingerprint density at radius 3 is 3.00 bits per heavy atom. The molecule has 0 saturated carbocycles. The van der Waals surface area contributed by atoms with Crippen LogP contribution in [0.25, 0.3) is 10.9 Å². The van der Waals surface area contributed by atoms with Gasteiger partial charge in [0, 0.05) is 22.2 Å². The highest BCUT2D eigenvalue weighted by Crippen LogP contribution is 2.24. The Balaban J connectivity index is 2.12. The number of fused-ring (bicyclic) bond motifs is 1. The zero-order chi connectivity index (χ0) is 13.4. The molecule has 1 aromatic carbocycles. The summed E-state index contributed by atoms with van der Waals surface area (Å²) in [4.78, 5) is 15.2. The maximum absolute atomic E-state index is 11.1. The van der Waals surface area contributed by atoms with E-state index in [1.165, 1.54) is 0 Å². The average Bonchev–Trinajstić information content (AvgIpc) is 2.94. The molecule has 0 fully saturated rings. The molecule has 0 amide bonds. The van der Waals surface area contributed by atoms with E-state index in [9.17, 15) is 4.79 Å². The Kier molecular flexibility index (Phi) is 2.83. The highest BCUT2D eigenvalue weighted by Gasteiger charge is 2.11. The van der Waals surface area contributed by atoms with Crippen LogP contribution >= 0.6 is 11.6 Å². The lowest BCUT2D eigenvalue weighted by atomic mass is 10.2. The summed E-state index contributed by atoms with van der Waals surface area (Å²) < 4.78 is 6.96. The number of aromatic nitrogens is 3. The van der Waals surface area contributed by atoms with E-state index < -0.39 is 0 Å². The van der Waals surface area contributed by atoms with Crippen LogP contribution in [-0.4, -0.2) is 21.0 Å². The maximum Gasteiger partial charge on any atom is 0.246 e. The predicted molar refractivity (Wildman–Crippen MR) is 70.5 cm³/mol. The van der Waals surface area contributed by atoms with Gasteiger partial charge in [0.2, 0.25) is 5.89 Å². The van der Waals surface area contributed by atoms with Gasteiger partial charge in [-0.25, -0.2) is 0 Å². The molecule has 0 N–H and O–H groups in total. The van der Waals surface area contributed by atoms with Crippen molar-refractivity contribution in [1.82, 2.24) is 14.7 Å². The van der Waals surface area contributed by atoms with Gasteiger partial charge >= 0.3 is 0 Å². The average molecular weight is 276 g/mol. The molecule has 3 aromatic rings. The molecule has 2 heterocycles. The van der Waals surface area contributed by atoms with Gasteiger partial charge in [-0.15, -0.1) is 0 Å². The molecule has 0 aliphatic heterocycles. The maximum atomic E-state index is 11.1. The number of hydrogen-bond donors (Lipinski definition) is 0. The molecule has 0 unspecified atom stereocenters. The number of halogens is 1. The van der Waals surface area contributed by atoms with Gasteiger partial charge < -0.3 is 9.09 Å². The molecule has 0 bridgehead atoms. The quantitative estimate of drug-likeness (QED) is 0.690. The van der Waals surface area contributed by atoms with E-state index in [1.807, 2.05) is 16.7 Å². The number of carbonyl (C=O) groups is 1. The number of rotatable bonds is 3. The fourth-order valence-electron chi connectivity index (χ4n) is 2.07. The first-order valence-electron chi connectivity index (χ1n) is 5.70. The van der Waals surface area contributed by atoms with Crippen LogP contribution in [0.15, 0.2) is 28.9 Å². The topological polar surface area (TPSA) is 60.9 Å². The lowest BCUT2D eigenvalue weighted by Gasteiger charge is -2.01. The third-order valence-corrected chi connectivity index (χ3v) is 3.11. The van der Waals surface area contributed by atoms with Crippen LogP contribution in [0, 0.1) is 6.92 Å². The molecule has 0 spiro atoms. The molecule has 6 heteroatoms. The third kappa shape index (κ3) is 2.13. The van der Waals surface area contributed by atoms with E-state index in [0.29, 0.717) is 28.8 Å². The van der Waals surface area contributed by atoms with Crippen LogP contribution in [0.1, 0.15) is 22.1 Å². The molecule has 3 rings (SSSR count). The number of aryl methyl sites for hydroxylation is 1. The highest BCUT2D eigenvalue weighted by atomic mass is 35.5. The third-order valence-electron chi connectivity index (χ3n) is 2.88. The van der Waals surface area contributed by atoms with E-state index in [1.54, 1.807) is 19.2 Å². The van der Waals surface area contributed by atoms with Gasteiger partial charge in [0.1, 0.15) is 6.54 Å². The van der Waals surface area contributed by atoms with Crippen LogP contribution < -0.4 is 0 Å². The SMILES string of the molecule is Cc1noc(Cn2cc(C=O)c3ccc(Cl)cc32)n1. The summed E-state index contributed by atoms with van der Waals surface area (Å²) in [5, 5.41) is 5.22. The minimum Gasteiger partial charge on any atom is -0.337 e. The summed E-state index contributed by atoms with van der Waals surface area (Å²) in [6.45, 7) is 2.17. The highest BCUT2D eigenvalue weighted by molar-refractivity contribution is 6.31. The van der Waals surface area contributed by atoms with Gasteiger partial charge in [0.25, 0.3) is 0 Å². The van der Waals surface area contributed by atoms with Crippen molar-refractivity contribution < 1.29 is 9.32 Å². The number of hydrogen-bond acceptors (Lipinski definition) is 4. The number of benzene rings is 1. The van der Waals surface area contributed by atoms with Crippen LogP contribution in [0.5, 0.6) is 0 Å². The van der Waals surface area contributed by atoms with Crippen molar-refractivity contribution in [2.24, 2.45) is 0 Å². The van der Waals surface area contributed by atoms with Gasteiger partial charge in [-0.1, -0.05) is 22.8 Å². The molecule has 0 aliphatic carbocycles. The standard InChI is InChI=1S/C13H10ClN3O2/c1-8-15-13(19-16-8)6-17-5-9(7-18)11-3-2-10(14)4-12(11)17/h2-5,7H,6H2,1H3. The molecular weight excluding hydrogens is 266 g/mol. The predicted octanol–water partition coefficient (Wildman–Crippen LogP) is 2.85. The molecule has 96 valence electrons. The first-order valence-corrected chi connectivity index (χ1v) is 6.08. The molecule has 0 atom stereocenters. The molecule has 0 saturated heterocycles. The summed E-state index contributed by atoms with van der Waals surface area (Å²) in [7, 11) is 0. The second-order valence-electron chi connectivity index (χ2n) is 4.23. The van der Waals surface area contributed by atoms with Crippen LogP contribution in [0.3, 0.4) is 0 Å². The van der Waals surface area contributed by atoms with E-state index in [0.717, 1.165) is 17.2 Å². The van der Waals surface area contributed by atoms with Crippen LogP contribution in [0.4, 0.5) is 0 Å². The van der Waals surface area contributed by atoms with Crippen molar-refractivity contribution in [3.05, 3.63) is 46.7 Å². The molecule has 19 heavy (non-hydrogen) atoms. The van der Waals surface area contributed by atoms with Gasteiger partial charge in [0.15, 0.2) is 12.1 Å². The summed E-state index contributed by atoms with van der Waals surface area (Å²) >= 11 is 6.00. The monoisotopic (exact) mass is 275 g/mol. The largest absolute Gasteiger partial charge is 0.337 e. The van der Waals surface area contributed by atoms with Crippen molar-refractivity contribution in [3.8, 4) is 0 Å². The van der Waals surface area contributed by atoms with Gasteiger partial charge in [-0.05, 0) is 19.1 Å². The lowest BCUT2D eigenvalue weighted by molar-refractivity contribution is 0.112. The smallest absolute Gasteiger partial charge is 0.246 e. The van der Waals surface area contributed by atoms with Gasteiger partial charge in [-0.2, -0.15) is 4.98 Å².